The summed E-state index contributed by atoms with van der Waals surface area (Å²) in [6.45, 7) is 10.9. The smallest absolute Gasteiger partial charge is 0.329 e. The van der Waals surface area contributed by atoms with Crippen molar-refractivity contribution in [2.24, 2.45) is 5.92 Å². The Hall–Kier alpha value is -2.64. The summed E-state index contributed by atoms with van der Waals surface area (Å²) in [5, 5.41) is 5.70. The maximum atomic E-state index is 12.7. The molecule has 1 aromatic carbocycles. The van der Waals surface area contributed by atoms with Crippen LogP contribution in [-0.2, 0) is 19.7 Å². The lowest BCUT2D eigenvalue weighted by molar-refractivity contribution is -0.150. The third-order valence-electron chi connectivity index (χ3n) is 4.93. The highest BCUT2D eigenvalue weighted by molar-refractivity contribution is 6.36. The summed E-state index contributed by atoms with van der Waals surface area (Å²) >= 11 is 12.0. The van der Waals surface area contributed by atoms with Crippen molar-refractivity contribution in [3.8, 4) is 0 Å². The van der Waals surface area contributed by atoms with Gasteiger partial charge in [0.05, 0.1) is 15.7 Å². The van der Waals surface area contributed by atoms with E-state index in [2.05, 4.69) is 36.4 Å². The number of hydrogen-bond donors (Lipinski definition) is 2. The van der Waals surface area contributed by atoms with Crippen LogP contribution in [0.3, 0.4) is 0 Å². The van der Waals surface area contributed by atoms with E-state index >= 15 is 0 Å². The van der Waals surface area contributed by atoms with Gasteiger partial charge in [-0.1, -0.05) is 70.0 Å². The first-order chi connectivity index (χ1) is 15.3. The average molecular weight is 494 g/mol. The first-order valence-corrected chi connectivity index (χ1v) is 11.3. The number of aromatic nitrogens is 1. The van der Waals surface area contributed by atoms with E-state index in [4.69, 9.17) is 27.9 Å². The molecule has 1 atom stereocenters. The van der Waals surface area contributed by atoms with E-state index in [1.165, 1.54) is 6.07 Å². The standard InChI is InChI=1S/C24H29Cl2N3O4/c1-13(2)20(29-22(31)15-7-9-16(10-8-15)24(4,5)6)23(32)33-12-19(30)28-21-18(26)11-17(25)14(3)27-21/h7-11,13,20H,12H2,1-6H3,(H,29,31)(H,27,28,30). The van der Waals surface area contributed by atoms with Crippen LogP contribution >= 0.6 is 23.2 Å². The molecule has 33 heavy (non-hydrogen) atoms. The summed E-state index contributed by atoms with van der Waals surface area (Å²) in [6.07, 6.45) is 0. The maximum absolute atomic E-state index is 12.7. The van der Waals surface area contributed by atoms with Gasteiger partial charge in [-0.05, 0) is 42.0 Å². The minimum atomic E-state index is -0.924. The fourth-order valence-electron chi connectivity index (χ4n) is 2.88. The van der Waals surface area contributed by atoms with Crippen LogP contribution in [0.1, 0.15) is 56.2 Å². The van der Waals surface area contributed by atoms with E-state index in [-0.39, 0.29) is 22.2 Å². The molecule has 0 saturated heterocycles. The summed E-state index contributed by atoms with van der Waals surface area (Å²) in [6, 6.07) is 7.76. The number of carbonyl (C=O) groups excluding carboxylic acids is 3. The fourth-order valence-corrected chi connectivity index (χ4v) is 3.29. The molecule has 2 N–H and O–H groups in total. The van der Waals surface area contributed by atoms with Crippen LogP contribution in [0.4, 0.5) is 5.82 Å². The van der Waals surface area contributed by atoms with Crippen molar-refractivity contribution in [2.75, 3.05) is 11.9 Å². The molecule has 0 saturated carbocycles. The molecule has 0 radical (unpaired) electrons. The molecular weight excluding hydrogens is 465 g/mol. The number of nitrogens with zero attached hydrogens (tertiary/aromatic N) is 1. The minimum Gasteiger partial charge on any atom is -0.454 e. The molecule has 0 spiro atoms. The summed E-state index contributed by atoms with van der Waals surface area (Å²) in [5.74, 6) is -1.87. The Labute approximate surface area is 204 Å². The molecule has 2 rings (SSSR count). The Kier molecular flexibility index (Phi) is 8.86. The Morgan fingerprint density at radius 3 is 2.21 bits per heavy atom. The number of ether oxygens (including phenoxy) is 1. The number of hydrogen-bond acceptors (Lipinski definition) is 5. The Morgan fingerprint density at radius 2 is 1.67 bits per heavy atom. The number of nitrogens with one attached hydrogen (secondary N) is 2. The Morgan fingerprint density at radius 1 is 1.06 bits per heavy atom. The highest BCUT2D eigenvalue weighted by Crippen LogP contribution is 2.25. The zero-order chi connectivity index (χ0) is 24.9. The molecule has 0 bridgehead atoms. The molecule has 1 unspecified atom stereocenters. The molecular formula is C24H29Cl2N3O4. The zero-order valence-corrected chi connectivity index (χ0v) is 21.1. The summed E-state index contributed by atoms with van der Waals surface area (Å²) in [5.41, 5.74) is 1.98. The second-order valence-electron chi connectivity index (χ2n) is 9.06. The predicted octanol–water partition coefficient (Wildman–Crippen LogP) is 4.93. The van der Waals surface area contributed by atoms with Gasteiger partial charge in [0.25, 0.3) is 11.8 Å². The molecule has 1 heterocycles. The normalized spacial score (nSPS) is 12.3. The van der Waals surface area contributed by atoms with E-state index in [1.54, 1.807) is 32.9 Å². The van der Waals surface area contributed by atoms with Gasteiger partial charge in [0.2, 0.25) is 0 Å². The summed E-state index contributed by atoms with van der Waals surface area (Å²) < 4.78 is 5.13. The molecule has 2 aromatic rings. The number of anilines is 1. The molecule has 0 fully saturated rings. The average Bonchev–Trinajstić information content (AvgIpc) is 2.73. The second-order valence-corrected chi connectivity index (χ2v) is 9.88. The monoisotopic (exact) mass is 493 g/mol. The first kappa shape index (κ1) is 26.6. The third kappa shape index (κ3) is 7.44. The molecule has 9 heteroatoms. The van der Waals surface area contributed by atoms with Gasteiger partial charge in [-0.2, -0.15) is 0 Å². The van der Waals surface area contributed by atoms with Crippen LogP contribution in [0.25, 0.3) is 0 Å². The lowest BCUT2D eigenvalue weighted by atomic mass is 9.86. The van der Waals surface area contributed by atoms with Crippen molar-refractivity contribution in [1.29, 1.82) is 0 Å². The second kappa shape index (κ2) is 11.0. The van der Waals surface area contributed by atoms with E-state index in [9.17, 15) is 14.4 Å². The van der Waals surface area contributed by atoms with Gasteiger partial charge in [-0.15, -0.1) is 0 Å². The Balaban J connectivity index is 1.98. The zero-order valence-electron chi connectivity index (χ0n) is 19.6. The number of benzene rings is 1. The van der Waals surface area contributed by atoms with Gasteiger partial charge in [-0.3, -0.25) is 9.59 Å². The largest absolute Gasteiger partial charge is 0.454 e. The number of halogens is 2. The van der Waals surface area contributed by atoms with Crippen LogP contribution in [0.5, 0.6) is 0 Å². The van der Waals surface area contributed by atoms with Crippen LogP contribution in [0, 0.1) is 12.8 Å². The summed E-state index contributed by atoms with van der Waals surface area (Å²) in [7, 11) is 0. The Bertz CT molecular complexity index is 1030. The SMILES string of the molecule is Cc1nc(NC(=O)COC(=O)C(NC(=O)c2ccc(C(C)(C)C)cc2)C(C)C)c(Cl)cc1Cl. The van der Waals surface area contributed by atoms with E-state index in [0.717, 1.165) is 5.56 Å². The van der Waals surface area contributed by atoms with Gasteiger partial charge in [0, 0.05) is 5.56 Å². The molecule has 0 aliphatic rings. The lowest BCUT2D eigenvalue weighted by Crippen LogP contribution is -2.46. The quantitative estimate of drug-likeness (QED) is 0.532. The van der Waals surface area contributed by atoms with Crippen LogP contribution in [-0.4, -0.2) is 35.4 Å². The number of rotatable bonds is 7. The molecule has 2 amide bonds. The van der Waals surface area contributed by atoms with E-state index in [1.807, 2.05) is 12.1 Å². The topological polar surface area (TPSA) is 97.4 Å². The highest BCUT2D eigenvalue weighted by atomic mass is 35.5. The van der Waals surface area contributed by atoms with Crippen molar-refractivity contribution >= 4 is 46.8 Å². The number of pyridine rings is 1. The molecule has 178 valence electrons. The van der Waals surface area contributed by atoms with E-state index in [0.29, 0.717) is 16.3 Å². The van der Waals surface area contributed by atoms with Gasteiger partial charge in [0.15, 0.2) is 12.4 Å². The van der Waals surface area contributed by atoms with Crippen molar-refractivity contribution in [1.82, 2.24) is 10.3 Å². The van der Waals surface area contributed by atoms with E-state index < -0.39 is 30.4 Å². The van der Waals surface area contributed by atoms with Gasteiger partial charge in [0.1, 0.15) is 6.04 Å². The molecule has 7 nitrogen and oxygen atoms in total. The molecule has 1 aromatic heterocycles. The van der Waals surface area contributed by atoms with Crippen LogP contribution in [0.15, 0.2) is 30.3 Å². The first-order valence-electron chi connectivity index (χ1n) is 10.5. The molecule has 0 aliphatic carbocycles. The van der Waals surface area contributed by atoms with Crippen molar-refractivity contribution < 1.29 is 19.1 Å². The van der Waals surface area contributed by atoms with Gasteiger partial charge >= 0.3 is 5.97 Å². The highest BCUT2D eigenvalue weighted by Gasteiger charge is 2.27. The fraction of sp³-hybridized carbons (Fsp3) is 0.417. The maximum Gasteiger partial charge on any atom is 0.329 e. The van der Waals surface area contributed by atoms with Gasteiger partial charge in [-0.25, -0.2) is 9.78 Å². The van der Waals surface area contributed by atoms with Crippen molar-refractivity contribution in [2.45, 2.75) is 53.0 Å². The van der Waals surface area contributed by atoms with Crippen LogP contribution < -0.4 is 10.6 Å². The number of aryl methyl sites for hydroxylation is 1. The molecule has 0 aliphatic heterocycles. The number of carbonyl (C=O) groups is 3. The minimum absolute atomic E-state index is 0.0374. The van der Waals surface area contributed by atoms with Crippen LogP contribution in [0.2, 0.25) is 10.0 Å². The summed E-state index contributed by atoms with van der Waals surface area (Å²) in [4.78, 5) is 41.6. The predicted molar refractivity (Wildman–Crippen MR) is 130 cm³/mol. The third-order valence-corrected chi connectivity index (χ3v) is 5.60. The van der Waals surface area contributed by atoms with Gasteiger partial charge < -0.3 is 15.4 Å². The van der Waals surface area contributed by atoms with Crippen molar-refractivity contribution in [3.63, 3.8) is 0 Å². The number of esters is 1. The van der Waals surface area contributed by atoms with Crippen molar-refractivity contribution in [3.05, 3.63) is 57.2 Å². The lowest BCUT2D eigenvalue weighted by Gasteiger charge is -2.22. The number of amides is 2.